The molecule has 4 rings (SSSR count). The maximum atomic E-state index is 12.6. The number of amides is 1. The number of benzene rings is 3. The summed E-state index contributed by atoms with van der Waals surface area (Å²) in [5.74, 6) is 0.766. The van der Waals surface area contributed by atoms with Crippen molar-refractivity contribution in [3.63, 3.8) is 0 Å². The quantitative estimate of drug-likeness (QED) is 0.563. The molecule has 3 aromatic rings. The highest BCUT2D eigenvalue weighted by Gasteiger charge is 2.29. The maximum absolute atomic E-state index is 12.6. The van der Waals surface area contributed by atoms with Gasteiger partial charge in [0.2, 0.25) is 10.0 Å². The van der Waals surface area contributed by atoms with Gasteiger partial charge in [-0.3, -0.25) is 4.79 Å². The number of carbonyl (C=O) groups is 1. The second-order valence-electron chi connectivity index (χ2n) is 6.84. The van der Waals surface area contributed by atoms with E-state index in [4.69, 9.17) is 9.47 Å². The first-order valence-electron chi connectivity index (χ1n) is 9.42. The molecule has 1 aliphatic heterocycles. The van der Waals surface area contributed by atoms with Crippen molar-refractivity contribution in [3.05, 3.63) is 77.9 Å². The summed E-state index contributed by atoms with van der Waals surface area (Å²) >= 11 is 0. The van der Waals surface area contributed by atoms with Crippen LogP contribution in [0, 0.1) is 0 Å². The number of hydrogen-bond acceptors (Lipinski definition) is 6. The van der Waals surface area contributed by atoms with Gasteiger partial charge >= 0.3 is 0 Å². The van der Waals surface area contributed by atoms with Crippen LogP contribution in [0.2, 0.25) is 0 Å². The zero-order valence-electron chi connectivity index (χ0n) is 16.9. The molecule has 1 amide bonds. The third-order valence-corrected chi connectivity index (χ3v) is 6.38. The molecular weight excluding hydrogens is 418 g/mol. The number of hydrogen-bond donors (Lipinski definition) is 3. The van der Waals surface area contributed by atoms with Crippen LogP contribution in [0.3, 0.4) is 0 Å². The highest BCUT2D eigenvalue weighted by Crippen LogP contribution is 2.31. The van der Waals surface area contributed by atoms with Crippen molar-refractivity contribution in [2.75, 3.05) is 24.9 Å². The van der Waals surface area contributed by atoms with Gasteiger partial charge in [0, 0.05) is 17.3 Å². The number of methoxy groups -OCH3 is 2. The van der Waals surface area contributed by atoms with E-state index < -0.39 is 16.2 Å². The summed E-state index contributed by atoms with van der Waals surface area (Å²) in [7, 11) is -0.572. The van der Waals surface area contributed by atoms with Crippen LogP contribution in [0.5, 0.6) is 11.5 Å². The Kier molecular flexibility index (Phi) is 5.53. The summed E-state index contributed by atoms with van der Waals surface area (Å²) in [6.45, 7) is 0. The Morgan fingerprint density at radius 2 is 1.65 bits per heavy atom. The summed E-state index contributed by atoms with van der Waals surface area (Å²) in [4.78, 5) is 12.8. The number of fused-ring (bicyclic) bond motifs is 1. The average molecular weight is 439 g/mol. The van der Waals surface area contributed by atoms with Crippen LogP contribution in [-0.4, -0.2) is 28.5 Å². The topological polar surface area (TPSA) is 106 Å². The molecule has 0 saturated heterocycles. The molecule has 0 spiro atoms. The minimum atomic E-state index is -3.63. The summed E-state index contributed by atoms with van der Waals surface area (Å²) in [6.07, 6.45) is -0.636. The maximum Gasteiger partial charge on any atom is 0.255 e. The van der Waals surface area contributed by atoms with Crippen LogP contribution < -0.4 is 24.8 Å². The molecule has 0 unspecified atom stereocenters. The van der Waals surface area contributed by atoms with Crippen molar-refractivity contribution in [3.8, 4) is 11.5 Å². The minimum Gasteiger partial charge on any atom is -0.493 e. The van der Waals surface area contributed by atoms with Gasteiger partial charge in [0.05, 0.1) is 19.9 Å². The lowest BCUT2D eigenvalue weighted by atomic mass is 10.1. The fraction of sp³-hybridized carbons (Fsp3) is 0.136. The predicted molar refractivity (Wildman–Crippen MR) is 117 cm³/mol. The summed E-state index contributed by atoms with van der Waals surface area (Å²) in [6, 6.07) is 18.5. The molecule has 8 nitrogen and oxygen atoms in total. The van der Waals surface area contributed by atoms with Gasteiger partial charge in [-0.25, -0.2) is 8.42 Å². The summed E-state index contributed by atoms with van der Waals surface area (Å²) < 4.78 is 38.1. The summed E-state index contributed by atoms with van der Waals surface area (Å²) in [5, 5.41) is 5.97. The van der Waals surface area contributed by atoms with Gasteiger partial charge < -0.3 is 20.1 Å². The SMILES string of the molecule is COc1ccc(NC(=O)c2ccc([C@H]3Nc4ccccc4S(=O)(=O)N3)cc2)cc1OC. The molecule has 1 heterocycles. The van der Waals surface area contributed by atoms with Gasteiger partial charge in [0.25, 0.3) is 5.91 Å². The van der Waals surface area contributed by atoms with Crippen LogP contribution in [-0.2, 0) is 10.0 Å². The van der Waals surface area contributed by atoms with E-state index in [1.807, 2.05) is 0 Å². The van der Waals surface area contributed by atoms with E-state index >= 15 is 0 Å². The Morgan fingerprint density at radius 1 is 0.935 bits per heavy atom. The van der Waals surface area contributed by atoms with Crippen LogP contribution in [0.4, 0.5) is 11.4 Å². The number of ether oxygens (including phenoxy) is 2. The van der Waals surface area contributed by atoms with Gasteiger partial charge in [0.1, 0.15) is 11.1 Å². The normalized spacial score (nSPS) is 16.5. The fourth-order valence-corrected chi connectivity index (χ4v) is 4.63. The van der Waals surface area contributed by atoms with E-state index in [9.17, 15) is 13.2 Å². The van der Waals surface area contributed by atoms with Crippen LogP contribution >= 0.6 is 0 Å². The fourth-order valence-electron chi connectivity index (χ4n) is 3.32. The highest BCUT2D eigenvalue weighted by atomic mass is 32.2. The van der Waals surface area contributed by atoms with Crippen molar-refractivity contribution >= 4 is 27.3 Å². The van der Waals surface area contributed by atoms with Gasteiger partial charge in [-0.1, -0.05) is 24.3 Å². The van der Waals surface area contributed by atoms with Crippen molar-refractivity contribution in [1.29, 1.82) is 0 Å². The second kappa shape index (κ2) is 8.29. The molecular formula is C22H21N3O5S. The van der Waals surface area contributed by atoms with Gasteiger partial charge in [-0.2, -0.15) is 4.72 Å². The summed E-state index contributed by atoms with van der Waals surface area (Å²) in [5.41, 5.74) is 2.20. The van der Waals surface area contributed by atoms with Gasteiger partial charge in [0.15, 0.2) is 11.5 Å². The molecule has 0 bridgehead atoms. The number of anilines is 2. The Bertz CT molecular complexity index is 1230. The molecule has 9 heteroatoms. The smallest absolute Gasteiger partial charge is 0.255 e. The molecule has 0 aromatic heterocycles. The molecule has 0 aliphatic carbocycles. The van der Waals surface area contributed by atoms with E-state index in [-0.39, 0.29) is 10.8 Å². The zero-order valence-corrected chi connectivity index (χ0v) is 17.7. The van der Waals surface area contributed by atoms with E-state index in [1.54, 1.807) is 66.7 Å². The van der Waals surface area contributed by atoms with Crippen molar-refractivity contribution in [2.24, 2.45) is 0 Å². The molecule has 3 aromatic carbocycles. The lowest BCUT2D eigenvalue weighted by molar-refractivity contribution is 0.102. The van der Waals surface area contributed by atoms with Crippen molar-refractivity contribution in [2.45, 2.75) is 11.1 Å². The average Bonchev–Trinajstić information content (AvgIpc) is 2.78. The van der Waals surface area contributed by atoms with Crippen molar-refractivity contribution in [1.82, 2.24) is 4.72 Å². The third kappa shape index (κ3) is 4.18. The molecule has 160 valence electrons. The van der Waals surface area contributed by atoms with Crippen LogP contribution in [0.15, 0.2) is 71.6 Å². The molecule has 1 atom stereocenters. The highest BCUT2D eigenvalue weighted by molar-refractivity contribution is 7.89. The first-order valence-corrected chi connectivity index (χ1v) is 10.9. The lowest BCUT2D eigenvalue weighted by Gasteiger charge is -2.28. The van der Waals surface area contributed by atoms with Gasteiger partial charge in [-0.05, 0) is 42.0 Å². The first kappa shape index (κ1) is 20.7. The third-order valence-electron chi connectivity index (χ3n) is 4.90. The van der Waals surface area contributed by atoms with Crippen molar-refractivity contribution < 1.29 is 22.7 Å². The van der Waals surface area contributed by atoms with E-state index in [1.165, 1.54) is 14.2 Å². The molecule has 0 radical (unpaired) electrons. The molecule has 0 fully saturated rings. The number of carbonyl (C=O) groups excluding carboxylic acids is 1. The van der Waals surface area contributed by atoms with E-state index in [0.717, 1.165) is 0 Å². The van der Waals surface area contributed by atoms with Crippen LogP contribution in [0.25, 0.3) is 0 Å². The van der Waals surface area contributed by atoms with Gasteiger partial charge in [-0.15, -0.1) is 0 Å². The molecule has 3 N–H and O–H groups in total. The molecule has 1 aliphatic rings. The Labute approximate surface area is 180 Å². The number of para-hydroxylation sites is 1. The predicted octanol–water partition coefficient (Wildman–Crippen LogP) is 3.36. The van der Waals surface area contributed by atoms with E-state index in [2.05, 4.69) is 15.4 Å². The Hall–Kier alpha value is -3.56. The largest absolute Gasteiger partial charge is 0.493 e. The molecule has 31 heavy (non-hydrogen) atoms. The zero-order chi connectivity index (χ0) is 22.0. The Morgan fingerprint density at radius 3 is 2.35 bits per heavy atom. The molecule has 0 saturated carbocycles. The number of nitrogens with one attached hydrogen (secondary N) is 3. The Balaban J connectivity index is 1.50. The van der Waals surface area contributed by atoms with Crippen LogP contribution in [0.1, 0.15) is 22.1 Å². The minimum absolute atomic E-state index is 0.206. The first-order chi connectivity index (χ1) is 14.9. The second-order valence-corrected chi connectivity index (χ2v) is 8.52. The lowest BCUT2D eigenvalue weighted by Crippen LogP contribution is -2.38. The number of sulfonamides is 1. The number of rotatable bonds is 5. The monoisotopic (exact) mass is 439 g/mol. The standard InChI is InChI=1S/C22H21N3O5S/c1-29-18-12-11-16(13-19(18)30-2)23-22(26)15-9-7-14(8-10-15)21-24-17-5-3-4-6-20(17)31(27,28)25-21/h3-13,21,24-25H,1-2H3,(H,23,26)/t21-/m0/s1. The van der Waals surface area contributed by atoms with E-state index in [0.29, 0.717) is 34.0 Å².